The zero-order valence-corrected chi connectivity index (χ0v) is 16.2. The number of amides is 1. The average Bonchev–Trinajstić information content (AvgIpc) is 2.64. The first-order valence-corrected chi connectivity index (χ1v) is 10.4. The van der Waals surface area contributed by atoms with E-state index in [4.69, 9.17) is 0 Å². The largest absolute Gasteiger partial charge is 0.325 e. The molecule has 1 fully saturated rings. The third kappa shape index (κ3) is 4.54. The lowest BCUT2D eigenvalue weighted by Gasteiger charge is -2.31. The van der Waals surface area contributed by atoms with Crippen LogP contribution in [-0.4, -0.2) is 51.4 Å². The highest BCUT2D eigenvalue weighted by Gasteiger charge is 2.34. The van der Waals surface area contributed by atoms with Gasteiger partial charge in [-0.05, 0) is 31.2 Å². The summed E-state index contributed by atoms with van der Waals surface area (Å²) in [6.45, 7) is 3.06. The molecule has 2 N–H and O–H groups in total. The van der Waals surface area contributed by atoms with Crippen molar-refractivity contribution in [3.8, 4) is 0 Å². The maximum absolute atomic E-state index is 13.9. The van der Waals surface area contributed by atoms with Gasteiger partial charge in [-0.15, -0.1) is 0 Å². The Bertz CT molecular complexity index is 937. The van der Waals surface area contributed by atoms with Crippen LogP contribution in [0.1, 0.15) is 5.56 Å². The molecule has 0 bridgehead atoms. The van der Waals surface area contributed by atoms with Crippen LogP contribution in [0.4, 0.5) is 14.5 Å². The monoisotopic (exact) mass is 410 g/mol. The molecule has 0 unspecified atom stereocenters. The minimum atomic E-state index is -4.26. The van der Waals surface area contributed by atoms with Crippen molar-refractivity contribution in [1.82, 2.24) is 4.31 Å². The van der Waals surface area contributed by atoms with Gasteiger partial charge in [-0.25, -0.2) is 17.2 Å². The number of benzene rings is 2. The van der Waals surface area contributed by atoms with E-state index in [-0.39, 0.29) is 25.5 Å². The van der Waals surface area contributed by atoms with E-state index in [2.05, 4.69) is 5.32 Å². The molecule has 2 aromatic carbocycles. The highest BCUT2D eigenvalue weighted by molar-refractivity contribution is 7.89. The Morgan fingerprint density at radius 3 is 2.21 bits per heavy atom. The summed E-state index contributed by atoms with van der Waals surface area (Å²) in [5, 5.41) is 2.81. The van der Waals surface area contributed by atoms with Crippen LogP contribution in [0.15, 0.2) is 47.4 Å². The molecular formula is C19H22F2N3O3S+. The zero-order valence-electron chi connectivity index (χ0n) is 15.4. The maximum Gasteiger partial charge on any atom is 0.279 e. The fourth-order valence-electron chi connectivity index (χ4n) is 3.15. The SMILES string of the molecule is Cc1ccc(NC(=O)C[NH+]2CCN(S(=O)(=O)c3c(F)cccc3F)CC2)cc1. The van der Waals surface area contributed by atoms with Gasteiger partial charge in [-0.2, -0.15) is 4.31 Å². The molecule has 1 heterocycles. The molecule has 0 spiro atoms. The van der Waals surface area contributed by atoms with E-state index in [9.17, 15) is 22.0 Å². The Morgan fingerprint density at radius 1 is 1.07 bits per heavy atom. The van der Waals surface area contributed by atoms with Gasteiger partial charge in [-0.3, -0.25) is 4.79 Å². The van der Waals surface area contributed by atoms with E-state index in [1.54, 1.807) is 0 Å². The molecule has 1 aliphatic heterocycles. The predicted octanol–water partition coefficient (Wildman–Crippen LogP) is 0.801. The Kier molecular flexibility index (Phi) is 6.07. The quantitative estimate of drug-likeness (QED) is 0.766. The van der Waals surface area contributed by atoms with Gasteiger partial charge in [0.15, 0.2) is 11.4 Å². The number of hydrogen-bond acceptors (Lipinski definition) is 3. The van der Waals surface area contributed by atoms with Gasteiger partial charge in [0, 0.05) is 5.69 Å². The minimum Gasteiger partial charge on any atom is -0.325 e. The highest BCUT2D eigenvalue weighted by atomic mass is 32.2. The fraction of sp³-hybridized carbons (Fsp3) is 0.316. The van der Waals surface area contributed by atoms with E-state index in [0.29, 0.717) is 18.8 Å². The Labute approximate surface area is 162 Å². The van der Waals surface area contributed by atoms with Crippen LogP contribution in [0.5, 0.6) is 0 Å². The topological polar surface area (TPSA) is 70.9 Å². The van der Waals surface area contributed by atoms with Gasteiger partial charge in [0.25, 0.3) is 5.91 Å². The van der Waals surface area contributed by atoms with Crippen LogP contribution in [0.3, 0.4) is 0 Å². The number of quaternary nitrogens is 1. The number of anilines is 1. The van der Waals surface area contributed by atoms with E-state index >= 15 is 0 Å². The van der Waals surface area contributed by atoms with Crippen molar-refractivity contribution < 1.29 is 26.9 Å². The van der Waals surface area contributed by atoms with Crippen LogP contribution in [0.2, 0.25) is 0 Å². The summed E-state index contributed by atoms with van der Waals surface area (Å²) in [6, 6.07) is 10.4. The van der Waals surface area contributed by atoms with Gasteiger partial charge in [0.05, 0.1) is 26.2 Å². The number of sulfonamides is 1. The van der Waals surface area contributed by atoms with Crippen molar-refractivity contribution in [3.63, 3.8) is 0 Å². The first-order valence-electron chi connectivity index (χ1n) is 8.91. The molecule has 0 radical (unpaired) electrons. The Morgan fingerprint density at radius 2 is 1.64 bits per heavy atom. The van der Waals surface area contributed by atoms with Crippen molar-refractivity contribution in [2.24, 2.45) is 0 Å². The molecule has 6 nitrogen and oxygen atoms in total. The van der Waals surface area contributed by atoms with Gasteiger partial charge < -0.3 is 10.2 Å². The average molecular weight is 410 g/mol. The van der Waals surface area contributed by atoms with Crippen molar-refractivity contribution >= 4 is 21.6 Å². The van der Waals surface area contributed by atoms with Gasteiger partial charge in [0.1, 0.15) is 11.6 Å². The Balaban J connectivity index is 1.58. The highest BCUT2D eigenvalue weighted by Crippen LogP contribution is 2.22. The summed E-state index contributed by atoms with van der Waals surface area (Å²) < 4.78 is 54.0. The first-order chi connectivity index (χ1) is 13.3. The summed E-state index contributed by atoms with van der Waals surface area (Å²) in [6.07, 6.45) is 0. The lowest BCUT2D eigenvalue weighted by atomic mass is 10.2. The van der Waals surface area contributed by atoms with Crippen molar-refractivity contribution in [2.75, 3.05) is 38.0 Å². The second-order valence-corrected chi connectivity index (χ2v) is 8.67. The number of nitrogens with one attached hydrogen (secondary N) is 2. The van der Waals surface area contributed by atoms with Crippen LogP contribution in [0.25, 0.3) is 0 Å². The lowest BCUT2D eigenvalue weighted by molar-refractivity contribution is -0.895. The van der Waals surface area contributed by atoms with Crippen LogP contribution < -0.4 is 10.2 Å². The predicted molar refractivity (Wildman–Crippen MR) is 100 cm³/mol. The normalized spacial score (nSPS) is 16.1. The molecular weight excluding hydrogens is 388 g/mol. The molecule has 3 rings (SSSR count). The van der Waals surface area contributed by atoms with Crippen molar-refractivity contribution in [3.05, 3.63) is 59.7 Å². The molecule has 1 aliphatic rings. The van der Waals surface area contributed by atoms with Gasteiger partial charge in [0.2, 0.25) is 10.0 Å². The standard InChI is InChI=1S/C19H21F2N3O3S/c1-14-5-7-15(8-6-14)22-18(25)13-23-9-11-24(12-10-23)28(26,27)19-16(20)3-2-4-17(19)21/h2-8H,9-13H2,1H3,(H,22,25)/p+1. The number of hydrogen-bond donors (Lipinski definition) is 2. The van der Waals surface area contributed by atoms with E-state index in [0.717, 1.165) is 33.0 Å². The number of carbonyl (C=O) groups excluding carboxylic acids is 1. The third-order valence-corrected chi connectivity index (χ3v) is 6.64. The number of halogens is 2. The van der Waals surface area contributed by atoms with Crippen molar-refractivity contribution in [2.45, 2.75) is 11.8 Å². The zero-order chi connectivity index (χ0) is 20.3. The number of nitrogens with zero attached hydrogens (tertiary/aromatic N) is 1. The number of piperazine rings is 1. The minimum absolute atomic E-state index is 0.0866. The van der Waals surface area contributed by atoms with E-state index in [1.165, 1.54) is 0 Å². The lowest BCUT2D eigenvalue weighted by Crippen LogP contribution is -3.15. The molecule has 0 atom stereocenters. The number of aryl methyl sites for hydroxylation is 1. The summed E-state index contributed by atoms with van der Waals surface area (Å²) in [5.41, 5.74) is 1.79. The molecule has 9 heteroatoms. The fourth-order valence-corrected chi connectivity index (χ4v) is 4.70. The molecule has 0 aliphatic carbocycles. The van der Waals surface area contributed by atoms with Crippen LogP contribution >= 0.6 is 0 Å². The summed E-state index contributed by atoms with van der Waals surface area (Å²) >= 11 is 0. The third-order valence-electron chi connectivity index (χ3n) is 4.69. The molecule has 1 amide bonds. The summed E-state index contributed by atoms with van der Waals surface area (Å²) in [7, 11) is -4.26. The smallest absolute Gasteiger partial charge is 0.279 e. The Hall–Kier alpha value is -2.36. The molecule has 2 aromatic rings. The second-order valence-electron chi connectivity index (χ2n) is 6.80. The van der Waals surface area contributed by atoms with Crippen molar-refractivity contribution in [1.29, 1.82) is 0 Å². The number of rotatable bonds is 5. The van der Waals surface area contributed by atoms with E-state index in [1.807, 2.05) is 31.2 Å². The van der Waals surface area contributed by atoms with E-state index < -0.39 is 26.6 Å². The second kappa shape index (κ2) is 8.34. The molecule has 0 saturated carbocycles. The van der Waals surface area contributed by atoms with Gasteiger partial charge in [-0.1, -0.05) is 23.8 Å². The summed E-state index contributed by atoms with van der Waals surface area (Å²) in [4.78, 5) is 12.2. The van der Waals surface area contributed by atoms with Gasteiger partial charge >= 0.3 is 0 Å². The number of carbonyl (C=O) groups is 1. The van der Waals surface area contributed by atoms with Crippen LogP contribution in [0, 0.1) is 18.6 Å². The van der Waals surface area contributed by atoms with Crippen LogP contribution in [-0.2, 0) is 14.8 Å². The molecule has 0 aromatic heterocycles. The molecule has 28 heavy (non-hydrogen) atoms. The summed E-state index contributed by atoms with van der Waals surface area (Å²) in [5.74, 6) is -2.38. The molecule has 150 valence electrons. The maximum atomic E-state index is 13.9. The molecule has 1 saturated heterocycles. The first kappa shape index (κ1) is 20.4.